The molecule has 0 amide bonds. The van der Waals surface area contributed by atoms with Crippen LogP contribution in [0.3, 0.4) is 0 Å². The maximum Gasteiger partial charge on any atom is 0.229 e. The minimum Gasteiger partial charge on any atom is -0.493 e. The molecule has 0 radical (unpaired) electrons. The highest BCUT2D eigenvalue weighted by atomic mass is 16.5. The second-order valence-corrected chi connectivity index (χ2v) is 5.19. The van der Waals surface area contributed by atoms with Crippen molar-refractivity contribution in [3.8, 4) is 11.5 Å². The van der Waals surface area contributed by atoms with Crippen molar-refractivity contribution in [1.29, 1.82) is 0 Å². The van der Waals surface area contributed by atoms with Crippen molar-refractivity contribution in [3.63, 3.8) is 0 Å². The van der Waals surface area contributed by atoms with E-state index in [2.05, 4.69) is 20.6 Å². The summed E-state index contributed by atoms with van der Waals surface area (Å²) in [6, 6.07) is 7.47. The maximum atomic E-state index is 5.31. The first-order chi connectivity index (χ1) is 11.7. The number of ether oxygens (including phenoxy) is 3. The molecule has 0 fully saturated rings. The van der Waals surface area contributed by atoms with E-state index in [0.29, 0.717) is 24.1 Å². The van der Waals surface area contributed by atoms with E-state index < -0.39 is 0 Å². The van der Waals surface area contributed by atoms with Gasteiger partial charge in [-0.25, -0.2) is 4.98 Å². The quantitative estimate of drug-likeness (QED) is 0.684. The lowest BCUT2D eigenvalue weighted by molar-refractivity contribution is 0.198. The molecule has 2 N–H and O–H groups in total. The van der Waals surface area contributed by atoms with E-state index in [1.54, 1.807) is 21.3 Å². The SMILES string of the molecule is COCCCNc1cc(C)nc(Nc2ccc(OC)c(OC)c2)n1. The summed E-state index contributed by atoms with van der Waals surface area (Å²) < 4.78 is 15.6. The number of aromatic nitrogens is 2. The van der Waals surface area contributed by atoms with E-state index in [4.69, 9.17) is 14.2 Å². The molecule has 7 nitrogen and oxygen atoms in total. The summed E-state index contributed by atoms with van der Waals surface area (Å²) in [6.07, 6.45) is 0.915. The molecular weight excluding hydrogens is 308 g/mol. The fourth-order valence-electron chi connectivity index (χ4n) is 2.19. The summed E-state index contributed by atoms with van der Waals surface area (Å²) in [4.78, 5) is 8.89. The Kier molecular flexibility index (Phi) is 6.62. The lowest BCUT2D eigenvalue weighted by Crippen LogP contribution is -2.08. The van der Waals surface area contributed by atoms with Gasteiger partial charge in [0.25, 0.3) is 0 Å². The molecule has 0 aliphatic heterocycles. The van der Waals surface area contributed by atoms with Crippen LogP contribution in [0.15, 0.2) is 24.3 Å². The van der Waals surface area contributed by atoms with Gasteiger partial charge in [-0.2, -0.15) is 4.98 Å². The van der Waals surface area contributed by atoms with Gasteiger partial charge in [-0.1, -0.05) is 0 Å². The van der Waals surface area contributed by atoms with Gasteiger partial charge in [-0.15, -0.1) is 0 Å². The molecule has 0 bridgehead atoms. The Labute approximate surface area is 142 Å². The molecule has 0 spiro atoms. The van der Waals surface area contributed by atoms with E-state index >= 15 is 0 Å². The zero-order chi connectivity index (χ0) is 17.4. The lowest BCUT2D eigenvalue weighted by Gasteiger charge is -2.12. The van der Waals surface area contributed by atoms with E-state index in [1.165, 1.54) is 0 Å². The first-order valence-corrected chi connectivity index (χ1v) is 7.74. The Morgan fingerprint density at radius 2 is 1.79 bits per heavy atom. The molecule has 130 valence electrons. The molecule has 1 aromatic carbocycles. The van der Waals surface area contributed by atoms with Crippen molar-refractivity contribution in [2.75, 3.05) is 45.1 Å². The molecule has 1 aromatic heterocycles. The van der Waals surface area contributed by atoms with Gasteiger partial charge >= 0.3 is 0 Å². The Morgan fingerprint density at radius 3 is 2.50 bits per heavy atom. The van der Waals surface area contributed by atoms with Crippen LogP contribution < -0.4 is 20.1 Å². The second-order valence-electron chi connectivity index (χ2n) is 5.19. The third-order valence-electron chi connectivity index (χ3n) is 3.33. The van der Waals surface area contributed by atoms with Crippen LogP contribution in [-0.4, -0.2) is 44.4 Å². The number of methoxy groups -OCH3 is 3. The van der Waals surface area contributed by atoms with Gasteiger partial charge in [-0.3, -0.25) is 0 Å². The van der Waals surface area contributed by atoms with E-state index in [1.807, 2.05) is 31.2 Å². The van der Waals surface area contributed by atoms with E-state index in [0.717, 1.165) is 30.2 Å². The highest BCUT2D eigenvalue weighted by Gasteiger charge is 2.07. The highest BCUT2D eigenvalue weighted by molar-refractivity contribution is 5.60. The number of nitrogens with one attached hydrogen (secondary N) is 2. The van der Waals surface area contributed by atoms with Crippen LogP contribution in [0.25, 0.3) is 0 Å². The first kappa shape index (κ1) is 17.8. The number of hydrogen-bond acceptors (Lipinski definition) is 7. The number of nitrogens with zero attached hydrogens (tertiary/aromatic N) is 2. The Morgan fingerprint density at radius 1 is 1.00 bits per heavy atom. The molecule has 0 aliphatic rings. The zero-order valence-corrected chi connectivity index (χ0v) is 14.5. The molecule has 0 unspecified atom stereocenters. The molecule has 1 heterocycles. The van der Waals surface area contributed by atoms with Crippen LogP contribution in [0.1, 0.15) is 12.1 Å². The number of benzene rings is 1. The molecular formula is C17H24N4O3. The Bertz CT molecular complexity index is 664. The minimum atomic E-state index is 0.525. The van der Waals surface area contributed by atoms with E-state index in [-0.39, 0.29) is 0 Å². The van der Waals surface area contributed by atoms with Crippen molar-refractivity contribution >= 4 is 17.5 Å². The molecule has 0 saturated carbocycles. The second kappa shape index (κ2) is 8.93. The fraction of sp³-hybridized carbons (Fsp3) is 0.412. The number of aryl methyl sites for hydroxylation is 1. The lowest BCUT2D eigenvalue weighted by atomic mass is 10.3. The van der Waals surface area contributed by atoms with Crippen molar-refractivity contribution in [1.82, 2.24) is 9.97 Å². The van der Waals surface area contributed by atoms with Gasteiger partial charge in [0.05, 0.1) is 14.2 Å². The number of rotatable bonds is 9. The van der Waals surface area contributed by atoms with Gasteiger partial charge in [0.1, 0.15) is 5.82 Å². The summed E-state index contributed by atoms with van der Waals surface area (Å²) in [5.41, 5.74) is 1.70. The molecule has 24 heavy (non-hydrogen) atoms. The van der Waals surface area contributed by atoms with Gasteiger partial charge in [0.2, 0.25) is 5.95 Å². The smallest absolute Gasteiger partial charge is 0.229 e. The summed E-state index contributed by atoms with van der Waals surface area (Å²) in [7, 11) is 4.91. The summed E-state index contributed by atoms with van der Waals surface area (Å²) in [5, 5.41) is 6.46. The summed E-state index contributed by atoms with van der Waals surface area (Å²) >= 11 is 0. The average molecular weight is 332 g/mol. The predicted molar refractivity (Wildman–Crippen MR) is 94.6 cm³/mol. The molecule has 0 atom stereocenters. The first-order valence-electron chi connectivity index (χ1n) is 7.74. The van der Waals surface area contributed by atoms with Crippen LogP contribution in [0, 0.1) is 6.92 Å². The number of hydrogen-bond donors (Lipinski definition) is 2. The molecule has 2 aromatic rings. The van der Waals surface area contributed by atoms with E-state index in [9.17, 15) is 0 Å². The fourth-order valence-corrected chi connectivity index (χ4v) is 2.19. The standard InChI is InChI=1S/C17H24N4O3/c1-12-10-16(18-8-5-9-22-2)21-17(19-12)20-13-6-7-14(23-3)15(11-13)24-4/h6-7,10-11H,5,8-9H2,1-4H3,(H2,18,19,20,21). The third-order valence-corrected chi connectivity index (χ3v) is 3.33. The third kappa shape index (κ3) is 4.99. The average Bonchev–Trinajstić information content (AvgIpc) is 2.58. The van der Waals surface area contributed by atoms with Gasteiger partial charge < -0.3 is 24.8 Å². The molecule has 7 heteroatoms. The summed E-state index contributed by atoms with van der Waals surface area (Å²) in [6.45, 7) is 3.44. The topological polar surface area (TPSA) is 77.5 Å². The van der Waals surface area contributed by atoms with Crippen LogP contribution in [0.4, 0.5) is 17.5 Å². The predicted octanol–water partition coefficient (Wildman–Crippen LogP) is 2.99. The normalized spacial score (nSPS) is 10.3. The minimum absolute atomic E-state index is 0.525. The van der Waals surface area contributed by atoms with Crippen molar-refractivity contribution in [2.45, 2.75) is 13.3 Å². The van der Waals surface area contributed by atoms with Crippen LogP contribution in [0.5, 0.6) is 11.5 Å². The number of anilines is 3. The van der Waals surface area contributed by atoms with Gasteiger partial charge in [0.15, 0.2) is 11.5 Å². The van der Waals surface area contributed by atoms with Crippen molar-refractivity contribution < 1.29 is 14.2 Å². The zero-order valence-electron chi connectivity index (χ0n) is 14.5. The van der Waals surface area contributed by atoms with Crippen LogP contribution in [0.2, 0.25) is 0 Å². The Balaban J connectivity index is 2.10. The monoisotopic (exact) mass is 332 g/mol. The van der Waals surface area contributed by atoms with Crippen LogP contribution >= 0.6 is 0 Å². The molecule has 0 saturated heterocycles. The van der Waals surface area contributed by atoms with Crippen molar-refractivity contribution in [3.05, 3.63) is 30.0 Å². The van der Waals surface area contributed by atoms with Crippen molar-refractivity contribution in [2.24, 2.45) is 0 Å². The Hall–Kier alpha value is -2.54. The largest absolute Gasteiger partial charge is 0.493 e. The molecule has 2 rings (SSSR count). The van der Waals surface area contributed by atoms with Crippen LogP contribution in [-0.2, 0) is 4.74 Å². The molecule has 0 aliphatic carbocycles. The maximum absolute atomic E-state index is 5.31. The van der Waals surface area contributed by atoms with Gasteiger partial charge in [0, 0.05) is 43.8 Å². The summed E-state index contributed by atoms with van der Waals surface area (Å²) in [5.74, 6) is 2.62. The highest BCUT2D eigenvalue weighted by Crippen LogP contribution is 2.30. The van der Waals surface area contributed by atoms with Gasteiger partial charge in [-0.05, 0) is 25.5 Å².